The van der Waals surface area contributed by atoms with E-state index in [2.05, 4.69) is 5.32 Å². The summed E-state index contributed by atoms with van der Waals surface area (Å²) < 4.78 is 41.3. The molecular weight excluding hydrogens is 285 g/mol. The van der Waals surface area contributed by atoms with Crippen LogP contribution in [0.2, 0.25) is 0 Å². The van der Waals surface area contributed by atoms with Crippen LogP contribution in [0.4, 0.5) is 18.9 Å². The minimum absolute atomic E-state index is 0.370. The Morgan fingerprint density at radius 2 is 2.05 bits per heavy atom. The van der Waals surface area contributed by atoms with Gasteiger partial charge in [0.1, 0.15) is 5.75 Å². The van der Waals surface area contributed by atoms with Gasteiger partial charge in [0, 0.05) is 11.8 Å². The SMILES string of the molecule is CC(C)COc1cccc(NC(=O)CNCC(F)(F)F)c1. The first-order chi connectivity index (χ1) is 9.76. The predicted octanol–water partition coefficient (Wildman–Crippen LogP) is 2.81. The molecule has 0 heterocycles. The Bertz CT molecular complexity index is 462. The van der Waals surface area contributed by atoms with Crippen LogP contribution < -0.4 is 15.4 Å². The molecule has 118 valence electrons. The second-order valence-corrected chi connectivity index (χ2v) is 5.00. The van der Waals surface area contributed by atoms with E-state index in [0.717, 1.165) is 0 Å². The number of rotatable bonds is 7. The molecule has 0 spiro atoms. The van der Waals surface area contributed by atoms with Crippen LogP contribution in [-0.4, -0.2) is 31.8 Å². The second-order valence-electron chi connectivity index (χ2n) is 5.00. The van der Waals surface area contributed by atoms with E-state index < -0.39 is 25.2 Å². The summed E-state index contributed by atoms with van der Waals surface area (Å²) in [5.41, 5.74) is 0.482. The number of alkyl halides is 3. The molecule has 0 bridgehead atoms. The standard InChI is InChI=1S/C14H19F3N2O2/c1-10(2)8-21-12-5-3-4-11(6-12)19-13(20)7-18-9-14(15,16)17/h3-6,10,18H,7-9H2,1-2H3,(H,19,20). The highest BCUT2D eigenvalue weighted by Gasteiger charge is 2.26. The molecule has 1 aromatic carbocycles. The Morgan fingerprint density at radius 3 is 2.67 bits per heavy atom. The first-order valence-electron chi connectivity index (χ1n) is 6.56. The highest BCUT2D eigenvalue weighted by atomic mass is 19.4. The molecule has 0 fully saturated rings. The molecule has 0 aliphatic heterocycles. The van der Waals surface area contributed by atoms with Crippen molar-refractivity contribution < 1.29 is 22.7 Å². The molecule has 2 N–H and O–H groups in total. The van der Waals surface area contributed by atoms with Crippen molar-refractivity contribution in [3.63, 3.8) is 0 Å². The molecule has 0 aliphatic carbocycles. The summed E-state index contributed by atoms with van der Waals surface area (Å²) in [5.74, 6) is 0.430. The van der Waals surface area contributed by atoms with Gasteiger partial charge < -0.3 is 15.4 Å². The van der Waals surface area contributed by atoms with Gasteiger partial charge in [-0.2, -0.15) is 13.2 Å². The molecule has 0 atom stereocenters. The summed E-state index contributed by atoms with van der Waals surface area (Å²) in [6, 6.07) is 6.72. The Balaban J connectivity index is 2.43. The Hall–Kier alpha value is -1.76. The number of benzene rings is 1. The van der Waals surface area contributed by atoms with E-state index >= 15 is 0 Å². The largest absolute Gasteiger partial charge is 0.493 e. The van der Waals surface area contributed by atoms with Crippen LogP contribution in [0.5, 0.6) is 5.75 Å². The molecule has 1 amide bonds. The number of hydrogen-bond acceptors (Lipinski definition) is 3. The third-order valence-electron chi connectivity index (χ3n) is 2.31. The lowest BCUT2D eigenvalue weighted by Crippen LogP contribution is -2.35. The number of carbonyl (C=O) groups excluding carboxylic acids is 1. The van der Waals surface area contributed by atoms with Crippen molar-refractivity contribution >= 4 is 11.6 Å². The van der Waals surface area contributed by atoms with E-state index in [1.165, 1.54) is 0 Å². The van der Waals surface area contributed by atoms with Gasteiger partial charge in [0.05, 0.1) is 19.7 Å². The quantitative estimate of drug-likeness (QED) is 0.814. The maximum absolute atomic E-state index is 11.9. The zero-order valence-electron chi connectivity index (χ0n) is 12.0. The molecule has 0 saturated heterocycles. The minimum atomic E-state index is -4.33. The van der Waals surface area contributed by atoms with E-state index in [4.69, 9.17) is 4.74 Å². The average molecular weight is 304 g/mol. The zero-order chi connectivity index (χ0) is 15.9. The highest BCUT2D eigenvalue weighted by Crippen LogP contribution is 2.18. The molecule has 0 aliphatic rings. The normalized spacial score (nSPS) is 11.5. The molecule has 0 unspecified atom stereocenters. The fourth-order valence-electron chi connectivity index (χ4n) is 1.45. The Labute approximate surface area is 121 Å². The lowest BCUT2D eigenvalue weighted by Gasteiger charge is -2.11. The number of anilines is 1. The third kappa shape index (κ3) is 8.19. The van der Waals surface area contributed by atoms with E-state index in [1.807, 2.05) is 19.2 Å². The van der Waals surface area contributed by atoms with Gasteiger partial charge in [-0.1, -0.05) is 19.9 Å². The second kappa shape index (κ2) is 7.87. The van der Waals surface area contributed by atoms with Crippen molar-refractivity contribution in [2.75, 3.05) is 25.0 Å². The number of hydrogen-bond donors (Lipinski definition) is 2. The van der Waals surface area contributed by atoms with Gasteiger partial charge in [0.25, 0.3) is 0 Å². The Morgan fingerprint density at radius 1 is 1.33 bits per heavy atom. The number of nitrogens with one attached hydrogen (secondary N) is 2. The third-order valence-corrected chi connectivity index (χ3v) is 2.31. The van der Waals surface area contributed by atoms with Crippen molar-refractivity contribution in [1.29, 1.82) is 0 Å². The van der Waals surface area contributed by atoms with E-state index in [-0.39, 0.29) is 0 Å². The number of halogens is 3. The lowest BCUT2D eigenvalue weighted by molar-refractivity contribution is -0.126. The highest BCUT2D eigenvalue weighted by molar-refractivity contribution is 5.92. The summed E-state index contributed by atoms with van der Waals surface area (Å²) in [6.07, 6.45) is -4.33. The number of ether oxygens (including phenoxy) is 1. The molecule has 4 nitrogen and oxygen atoms in total. The molecule has 21 heavy (non-hydrogen) atoms. The van der Waals surface area contributed by atoms with Crippen molar-refractivity contribution in [3.05, 3.63) is 24.3 Å². The maximum atomic E-state index is 11.9. The number of carbonyl (C=O) groups is 1. The molecule has 0 aromatic heterocycles. The maximum Gasteiger partial charge on any atom is 0.401 e. The summed E-state index contributed by atoms with van der Waals surface area (Å²) >= 11 is 0. The van der Waals surface area contributed by atoms with Gasteiger partial charge >= 0.3 is 6.18 Å². The minimum Gasteiger partial charge on any atom is -0.493 e. The van der Waals surface area contributed by atoms with Crippen LogP contribution in [0.3, 0.4) is 0 Å². The Kier molecular flexibility index (Phi) is 6.48. The van der Waals surface area contributed by atoms with Crippen molar-refractivity contribution in [2.24, 2.45) is 5.92 Å². The fraction of sp³-hybridized carbons (Fsp3) is 0.500. The molecular formula is C14H19F3N2O2. The van der Waals surface area contributed by atoms with Crippen LogP contribution in [0, 0.1) is 5.92 Å². The van der Waals surface area contributed by atoms with Crippen LogP contribution in [0.25, 0.3) is 0 Å². The van der Waals surface area contributed by atoms with Crippen LogP contribution in [0.1, 0.15) is 13.8 Å². The summed E-state index contributed by atoms with van der Waals surface area (Å²) in [7, 11) is 0. The van der Waals surface area contributed by atoms with Gasteiger partial charge in [0.15, 0.2) is 0 Å². The summed E-state index contributed by atoms with van der Waals surface area (Å²) in [6.45, 7) is 2.97. The fourth-order valence-corrected chi connectivity index (χ4v) is 1.45. The van der Waals surface area contributed by atoms with Crippen LogP contribution >= 0.6 is 0 Å². The first kappa shape index (κ1) is 17.3. The molecule has 1 aromatic rings. The monoisotopic (exact) mass is 304 g/mol. The van der Waals surface area contributed by atoms with E-state index in [0.29, 0.717) is 24.0 Å². The van der Waals surface area contributed by atoms with Gasteiger partial charge in [-0.15, -0.1) is 0 Å². The summed E-state index contributed by atoms with van der Waals surface area (Å²) in [5, 5.41) is 4.54. The van der Waals surface area contributed by atoms with E-state index in [1.54, 1.807) is 24.3 Å². The van der Waals surface area contributed by atoms with Gasteiger partial charge in [0.2, 0.25) is 5.91 Å². The van der Waals surface area contributed by atoms with Crippen LogP contribution in [-0.2, 0) is 4.79 Å². The van der Waals surface area contributed by atoms with Gasteiger partial charge in [-0.3, -0.25) is 4.79 Å². The van der Waals surface area contributed by atoms with Crippen molar-refractivity contribution in [3.8, 4) is 5.75 Å². The van der Waals surface area contributed by atoms with Crippen molar-refractivity contribution in [2.45, 2.75) is 20.0 Å². The molecule has 7 heteroatoms. The van der Waals surface area contributed by atoms with E-state index in [9.17, 15) is 18.0 Å². The predicted molar refractivity (Wildman–Crippen MR) is 74.3 cm³/mol. The molecule has 1 rings (SSSR count). The zero-order valence-corrected chi connectivity index (χ0v) is 12.0. The van der Waals surface area contributed by atoms with Gasteiger partial charge in [-0.25, -0.2) is 0 Å². The molecule has 0 radical (unpaired) electrons. The smallest absolute Gasteiger partial charge is 0.401 e. The molecule has 0 saturated carbocycles. The lowest BCUT2D eigenvalue weighted by atomic mass is 10.2. The first-order valence-corrected chi connectivity index (χ1v) is 6.56. The average Bonchev–Trinajstić information content (AvgIpc) is 2.35. The van der Waals surface area contributed by atoms with Gasteiger partial charge in [-0.05, 0) is 18.1 Å². The van der Waals surface area contributed by atoms with Crippen LogP contribution in [0.15, 0.2) is 24.3 Å². The number of amides is 1. The van der Waals surface area contributed by atoms with Crippen molar-refractivity contribution in [1.82, 2.24) is 5.32 Å². The topological polar surface area (TPSA) is 50.4 Å². The summed E-state index contributed by atoms with van der Waals surface area (Å²) in [4.78, 5) is 11.5.